The molecule has 36 heavy (non-hydrogen) atoms. The molecule has 1 saturated heterocycles. The van der Waals surface area contributed by atoms with Gasteiger partial charge < -0.3 is 14.8 Å². The van der Waals surface area contributed by atoms with E-state index in [4.69, 9.17) is 9.47 Å². The topological polar surface area (TPSA) is 88.2 Å². The fourth-order valence-electron chi connectivity index (χ4n) is 4.05. The quantitative estimate of drug-likeness (QED) is 0.452. The standard InChI is InChI=1S/C27H31N3O5S/c1-34-23-11-13-24(14-12-23)36(32,33)30(21-22-7-3-2-4-8-22)26-10-6-5-9-25(26)27(31)28-15-16-29-17-19-35-20-18-29/h2-14H,15-21H2,1H3,(H,28,31). The number of hydrogen-bond acceptors (Lipinski definition) is 6. The van der Waals surface area contributed by atoms with Crippen molar-refractivity contribution in [2.75, 3.05) is 50.8 Å². The van der Waals surface area contributed by atoms with E-state index in [9.17, 15) is 13.2 Å². The van der Waals surface area contributed by atoms with Crippen molar-refractivity contribution in [3.05, 3.63) is 90.0 Å². The molecule has 1 fully saturated rings. The highest BCUT2D eigenvalue weighted by atomic mass is 32.2. The van der Waals surface area contributed by atoms with E-state index in [1.165, 1.54) is 23.5 Å². The Morgan fingerprint density at radius 1 is 0.972 bits per heavy atom. The van der Waals surface area contributed by atoms with Crippen LogP contribution in [0, 0.1) is 0 Å². The zero-order chi connectivity index (χ0) is 25.4. The minimum absolute atomic E-state index is 0.0767. The molecule has 1 aliphatic heterocycles. The minimum Gasteiger partial charge on any atom is -0.497 e. The van der Waals surface area contributed by atoms with Crippen molar-refractivity contribution in [2.24, 2.45) is 0 Å². The molecular weight excluding hydrogens is 478 g/mol. The summed E-state index contributed by atoms with van der Waals surface area (Å²) in [6.07, 6.45) is 0. The van der Waals surface area contributed by atoms with Crippen molar-refractivity contribution in [3.63, 3.8) is 0 Å². The van der Waals surface area contributed by atoms with Crippen LogP contribution < -0.4 is 14.4 Å². The molecule has 0 aromatic heterocycles. The Kier molecular flexibility index (Phi) is 8.58. The highest BCUT2D eigenvalue weighted by Crippen LogP contribution is 2.30. The number of rotatable bonds is 10. The van der Waals surface area contributed by atoms with Crippen LogP contribution in [0.2, 0.25) is 0 Å². The van der Waals surface area contributed by atoms with Crippen molar-refractivity contribution in [1.29, 1.82) is 0 Å². The van der Waals surface area contributed by atoms with Gasteiger partial charge in [-0.2, -0.15) is 0 Å². The molecule has 190 valence electrons. The molecule has 1 heterocycles. The molecule has 0 radical (unpaired) electrons. The van der Waals surface area contributed by atoms with E-state index in [0.29, 0.717) is 43.3 Å². The molecule has 0 unspecified atom stereocenters. The molecule has 0 spiro atoms. The highest BCUT2D eigenvalue weighted by molar-refractivity contribution is 7.92. The zero-order valence-electron chi connectivity index (χ0n) is 20.3. The minimum atomic E-state index is -4.00. The first-order chi connectivity index (χ1) is 17.5. The average molecular weight is 510 g/mol. The highest BCUT2D eigenvalue weighted by Gasteiger charge is 2.28. The lowest BCUT2D eigenvalue weighted by Gasteiger charge is -2.27. The Morgan fingerprint density at radius 2 is 1.64 bits per heavy atom. The number of methoxy groups -OCH3 is 1. The van der Waals surface area contributed by atoms with E-state index in [1.807, 2.05) is 30.3 Å². The summed E-state index contributed by atoms with van der Waals surface area (Å²) in [6.45, 7) is 4.28. The Bertz CT molecular complexity index is 1240. The van der Waals surface area contributed by atoms with Crippen molar-refractivity contribution in [3.8, 4) is 5.75 Å². The van der Waals surface area contributed by atoms with E-state index in [-0.39, 0.29) is 17.3 Å². The van der Waals surface area contributed by atoms with Gasteiger partial charge in [-0.15, -0.1) is 0 Å². The summed E-state index contributed by atoms with van der Waals surface area (Å²) in [6, 6.07) is 22.4. The largest absolute Gasteiger partial charge is 0.497 e. The summed E-state index contributed by atoms with van der Waals surface area (Å²) in [4.78, 5) is 15.6. The van der Waals surface area contributed by atoms with Gasteiger partial charge in [-0.1, -0.05) is 42.5 Å². The molecule has 3 aromatic rings. The summed E-state index contributed by atoms with van der Waals surface area (Å²) in [5.74, 6) is 0.241. The number of morpholine rings is 1. The Morgan fingerprint density at radius 3 is 2.33 bits per heavy atom. The third kappa shape index (κ3) is 6.23. The molecule has 0 aliphatic carbocycles. The molecule has 0 atom stereocenters. The molecule has 0 bridgehead atoms. The number of hydrogen-bond donors (Lipinski definition) is 1. The molecule has 1 amide bonds. The van der Waals surface area contributed by atoms with Gasteiger partial charge in [0.15, 0.2) is 0 Å². The summed E-state index contributed by atoms with van der Waals surface area (Å²) >= 11 is 0. The Hall–Kier alpha value is -3.40. The van der Waals surface area contributed by atoms with Gasteiger partial charge in [0.2, 0.25) is 0 Å². The van der Waals surface area contributed by atoms with Gasteiger partial charge in [0.05, 0.1) is 43.0 Å². The average Bonchev–Trinajstić information content (AvgIpc) is 2.93. The van der Waals surface area contributed by atoms with Crippen LogP contribution >= 0.6 is 0 Å². The van der Waals surface area contributed by atoms with Gasteiger partial charge >= 0.3 is 0 Å². The van der Waals surface area contributed by atoms with Crippen LogP contribution in [0.25, 0.3) is 0 Å². The third-order valence-electron chi connectivity index (χ3n) is 6.05. The van der Waals surface area contributed by atoms with Crippen molar-refractivity contribution >= 4 is 21.6 Å². The zero-order valence-corrected chi connectivity index (χ0v) is 21.1. The Balaban J connectivity index is 1.63. The van der Waals surface area contributed by atoms with Crippen molar-refractivity contribution < 1.29 is 22.7 Å². The molecule has 9 heteroatoms. The van der Waals surface area contributed by atoms with E-state index in [1.54, 1.807) is 36.4 Å². The molecule has 1 aliphatic rings. The second-order valence-electron chi connectivity index (χ2n) is 8.40. The maximum atomic E-state index is 13.9. The van der Waals surface area contributed by atoms with Gasteiger partial charge in [-0.3, -0.25) is 14.0 Å². The predicted octanol–water partition coefficient (Wildman–Crippen LogP) is 3.15. The number of nitrogens with one attached hydrogen (secondary N) is 1. The number of amides is 1. The van der Waals surface area contributed by atoms with Gasteiger partial charge in [0.1, 0.15) is 5.75 Å². The molecular formula is C27H31N3O5S. The predicted molar refractivity (Wildman–Crippen MR) is 139 cm³/mol. The van der Waals surface area contributed by atoms with E-state index in [2.05, 4.69) is 10.2 Å². The summed E-state index contributed by atoms with van der Waals surface area (Å²) in [5.41, 5.74) is 1.42. The fourth-order valence-corrected chi connectivity index (χ4v) is 5.53. The van der Waals surface area contributed by atoms with Crippen LogP contribution in [0.5, 0.6) is 5.75 Å². The number of sulfonamides is 1. The van der Waals surface area contributed by atoms with Crippen LogP contribution in [-0.4, -0.2) is 65.7 Å². The third-order valence-corrected chi connectivity index (χ3v) is 7.83. The smallest absolute Gasteiger partial charge is 0.264 e. The number of nitrogens with zero attached hydrogens (tertiary/aromatic N) is 2. The normalized spacial score (nSPS) is 14.2. The van der Waals surface area contributed by atoms with Gasteiger partial charge in [-0.25, -0.2) is 8.42 Å². The molecule has 4 rings (SSSR count). The first-order valence-electron chi connectivity index (χ1n) is 11.9. The maximum absolute atomic E-state index is 13.9. The van der Waals surface area contributed by atoms with E-state index >= 15 is 0 Å². The number of ether oxygens (including phenoxy) is 2. The second kappa shape index (κ2) is 12.0. The van der Waals surface area contributed by atoms with Gasteiger partial charge in [-0.05, 0) is 42.0 Å². The van der Waals surface area contributed by atoms with Crippen LogP contribution in [0.15, 0.2) is 83.8 Å². The summed E-state index contributed by atoms with van der Waals surface area (Å²) in [5, 5.41) is 2.95. The lowest BCUT2D eigenvalue weighted by Crippen LogP contribution is -2.41. The van der Waals surface area contributed by atoms with E-state index < -0.39 is 10.0 Å². The molecule has 0 saturated carbocycles. The van der Waals surface area contributed by atoms with Gasteiger partial charge in [0.25, 0.3) is 15.9 Å². The van der Waals surface area contributed by atoms with Crippen LogP contribution in [0.4, 0.5) is 5.69 Å². The molecule has 3 aromatic carbocycles. The van der Waals surface area contributed by atoms with E-state index in [0.717, 1.165) is 18.7 Å². The molecule has 1 N–H and O–H groups in total. The fraction of sp³-hybridized carbons (Fsp3) is 0.296. The first-order valence-corrected chi connectivity index (χ1v) is 13.3. The van der Waals surface area contributed by atoms with Crippen LogP contribution in [0.3, 0.4) is 0 Å². The lowest BCUT2D eigenvalue weighted by atomic mass is 10.1. The monoisotopic (exact) mass is 509 g/mol. The van der Waals surface area contributed by atoms with Crippen LogP contribution in [-0.2, 0) is 21.3 Å². The molecule has 8 nitrogen and oxygen atoms in total. The first kappa shape index (κ1) is 25.7. The lowest BCUT2D eigenvalue weighted by molar-refractivity contribution is 0.0383. The SMILES string of the molecule is COc1ccc(S(=O)(=O)N(Cc2ccccc2)c2ccccc2C(=O)NCCN2CCOCC2)cc1. The van der Waals surface area contributed by atoms with Gasteiger partial charge in [0, 0.05) is 26.2 Å². The van der Waals surface area contributed by atoms with Crippen molar-refractivity contribution in [1.82, 2.24) is 10.2 Å². The summed E-state index contributed by atoms with van der Waals surface area (Å²) < 4.78 is 39.6. The number of para-hydroxylation sites is 1. The van der Waals surface area contributed by atoms with Crippen LogP contribution in [0.1, 0.15) is 15.9 Å². The maximum Gasteiger partial charge on any atom is 0.264 e. The number of anilines is 1. The number of benzene rings is 3. The van der Waals surface area contributed by atoms with Crippen molar-refractivity contribution in [2.45, 2.75) is 11.4 Å². The summed E-state index contributed by atoms with van der Waals surface area (Å²) in [7, 11) is -2.47. The number of carbonyl (C=O) groups excluding carboxylic acids is 1. The second-order valence-corrected chi connectivity index (χ2v) is 10.3. The Labute approximate surface area is 212 Å². The number of carbonyl (C=O) groups is 1.